The Bertz CT molecular complexity index is 139. The zero-order valence-electron chi connectivity index (χ0n) is 9.23. The first-order valence-electron chi connectivity index (χ1n) is 5.47. The van der Waals surface area contributed by atoms with Crippen LogP contribution in [0.15, 0.2) is 0 Å². The van der Waals surface area contributed by atoms with E-state index in [4.69, 9.17) is 4.74 Å². The summed E-state index contributed by atoms with van der Waals surface area (Å²) in [5, 5.41) is 3.60. The summed E-state index contributed by atoms with van der Waals surface area (Å²) in [6, 6.07) is 0. The second-order valence-corrected chi connectivity index (χ2v) is 4.70. The van der Waals surface area contributed by atoms with Crippen LogP contribution in [0.25, 0.3) is 0 Å². The first-order chi connectivity index (χ1) is 6.14. The standard InChI is InChI=1S/C11H23NO/c1-4-11(2,3)12-8-10-6-5-7-13-9-10/h10,12H,4-9H2,1-3H3. The molecule has 0 aromatic carbocycles. The molecule has 1 aliphatic heterocycles. The Morgan fingerprint density at radius 1 is 1.46 bits per heavy atom. The minimum atomic E-state index is 0.289. The van der Waals surface area contributed by atoms with Crippen molar-refractivity contribution in [1.82, 2.24) is 5.32 Å². The normalized spacial score (nSPS) is 24.7. The summed E-state index contributed by atoms with van der Waals surface area (Å²) in [5.74, 6) is 0.736. The first kappa shape index (κ1) is 11.0. The molecule has 1 heterocycles. The van der Waals surface area contributed by atoms with Crippen LogP contribution in [-0.4, -0.2) is 25.3 Å². The van der Waals surface area contributed by atoms with E-state index < -0.39 is 0 Å². The maximum absolute atomic E-state index is 5.44. The number of rotatable bonds is 4. The lowest BCUT2D eigenvalue weighted by molar-refractivity contribution is 0.0521. The molecule has 0 saturated carbocycles. The fourth-order valence-electron chi connectivity index (χ4n) is 1.51. The van der Waals surface area contributed by atoms with Gasteiger partial charge in [0.2, 0.25) is 0 Å². The van der Waals surface area contributed by atoms with Crippen LogP contribution >= 0.6 is 0 Å². The summed E-state index contributed by atoms with van der Waals surface area (Å²) < 4.78 is 5.44. The lowest BCUT2D eigenvalue weighted by Gasteiger charge is -2.29. The van der Waals surface area contributed by atoms with Crippen LogP contribution < -0.4 is 5.32 Å². The lowest BCUT2D eigenvalue weighted by atomic mass is 9.98. The molecule has 0 spiro atoms. The highest BCUT2D eigenvalue weighted by Gasteiger charge is 2.18. The summed E-state index contributed by atoms with van der Waals surface area (Å²) in [7, 11) is 0. The van der Waals surface area contributed by atoms with Gasteiger partial charge in [-0.05, 0) is 39.0 Å². The molecule has 13 heavy (non-hydrogen) atoms. The number of hydrogen-bond acceptors (Lipinski definition) is 2. The summed E-state index contributed by atoms with van der Waals surface area (Å²) >= 11 is 0. The van der Waals surface area contributed by atoms with E-state index in [1.807, 2.05) is 0 Å². The fourth-order valence-corrected chi connectivity index (χ4v) is 1.51. The van der Waals surface area contributed by atoms with Gasteiger partial charge in [-0.3, -0.25) is 0 Å². The van der Waals surface area contributed by atoms with E-state index in [0.29, 0.717) is 0 Å². The molecular formula is C11H23NO. The third-order valence-electron chi connectivity index (χ3n) is 3.01. The molecular weight excluding hydrogens is 162 g/mol. The van der Waals surface area contributed by atoms with Crippen molar-refractivity contribution in [3.05, 3.63) is 0 Å². The minimum Gasteiger partial charge on any atom is -0.381 e. The van der Waals surface area contributed by atoms with Gasteiger partial charge in [0.1, 0.15) is 0 Å². The average molecular weight is 185 g/mol. The zero-order chi connectivity index (χ0) is 9.73. The summed E-state index contributed by atoms with van der Waals surface area (Å²) in [4.78, 5) is 0. The van der Waals surface area contributed by atoms with E-state index in [1.54, 1.807) is 0 Å². The Kier molecular flexibility index (Phi) is 4.20. The van der Waals surface area contributed by atoms with Crippen molar-refractivity contribution in [1.29, 1.82) is 0 Å². The summed E-state index contributed by atoms with van der Waals surface area (Å²) in [5.41, 5.74) is 0.289. The van der Waals surface area contributed by atoms with Crippen LogP contribution in [0.2, 0.25) is 0 Å². The molecule has 0 radical (unpaired) electrons. The second-order valence-electron chi connectivity index (χ2n) is 4.70. The van der Waals surface area contributed by atoms with Gasteiger partial charge in [0.25, 0.3) is 0 Å². The quantitative estimate of drug-likeness (QED) is 0.725. The maximum atomic E-state index is 5.44. The molecule has 0 aliphatic carbocycles. The van der Waals surface area contributed by atoms with Crippen LogP contribution in [-0.2, 0) is 4.74 Å². The highest BCUT2D eigenvalue weighted by Crippen LogP contribution is 2.14. The van der Waals surface area contributed by atoms with Gasteiger partial charge in [0, 0.05) is 18.7 Å². The van der Waals surface area contributed by atoms with Crippen molar-refractivity contribution in [2.24, 2.45) is 5.92 Å². The van der Waals surface area contributed by atoms with Gasteiger partial charge in [-0.2, -0.15) is 0 Å². The molecule has 1 fully saturated rings. The number of ether oxygens (including phenoxy) is 1. The van der Waals surface area contributed by atoms with E-state index in [9.17, 15) is 0 Å². The van der Waals surface area contributed by atoms with E-state index in [2.05, 4.69) is 26.1 Å². The third kappa shape index (κ3) is 4.10. The Morgan fingerprint density at radius 2 is 2.23 bits per heavy atom. The molecule has 1 rings (SSSR count). The van der Waals surface area contributed by atoms with Crippen LogP contribution in [0.5, 0.6) is 0 Å². The molecule has 0 amide bonds. The molecule has 2 heteroatoms. The smallest absolute Gasteiger partial charge is 0.0506 e. The van der Waals surface area contributed by atoms with Gasteiger partial charge in [-0.1, -0.05) is 6.92 Å². The fraction of sp³-hybridized carbons (Fsp3) is 1.00. The molecule has 0 aromatic rings. The Morgan fingerprint density at radius 3 is 2.77 bits per heavy atom. The minimum absolute atomic E-state index is 0.289. The zero-order valence-corrected chi connectivity index (χ0v) is 9.23. The molecule has 1 aliphatic rings. The average Bonchev–Trinajstić information content (AvgIpc) is 2.17. The molecule has 1 saturated heterocycles. The Labute approximate surface area is 82.0 Å². The molecule has 2 nitrogen and oxygen atoms in total. The first-order valence-corrected chi connectivity index (χ1v) is 5.47. The summed E-state index contributed by atoms with van der Waals surface area (Å²) in [6.07, 6.45) is 3.74. The van der Waals surface area contributed by atoms with Crippen molar-refractivity contribution in [3.8, 4) is 0 Å². The van der Waals surface area contributed by atoms with Crippen LogP contribution in [0.1, 0.15) is 40.0 Å². The largest absolute Gasteiger partial charge is 0.381 e. The van der Waals surface area contributed by atoms with Gasteiger partial charge < -0.3 is 10.1 Å². The van der Waals surface area contributed by atoms with Gasteiger partial charge in [-0.15, -0.1) is 0 Å². The van der Waals surface area contributed by atoms with Gasteiger partial charge >= 0.3 is 0 Å². The van der Waals surface area contributed by atoms with Gasteiger partial charge in [0.15, 0.2) is 0 Å². The predicted octanol–water partition coefficient (Wildman–Crippen LogP) is 2.19. The molecule has 1 atom stereocenters. The van der Waals surface area contributed by atoms with Crippen molar-refractivity contribution in [2.45, 2.75) is 45.6 Å². The third-order valence-corrected chi connectivity index (χ3v) is 3.01. The van der Waals surface area contributed by atoms with Crippen LogP contribution in [0.3, 0.4) is 0 Å². The lowest BCUT2D eigenvalue weighted by Crippen LogP contribution is -2.42. The SMILES string of the molecule is CCC(C)(C)NCC1CCCOC1. The summed E-state index contributed by atoms with van der Waals surface area (Å²) in [6.45, 7) is 9.78. The predicted molar refractivity (Wildman–Crippen MR) is 55.9 cm³/mol. The number of nitrogens with one attached hydrogen (secondary N) is 1. The van der Waals surface area contributed by atoms with Crippen molar-refractivity contribution in [3.63, 3.8) is 0 Å². The van der Waals surface area contributed by atoms with Crippen molar-refractivity contribution >= 4 is 0 Å². The van der Waals surface area contributed by atoms with Crippen molar-refractivity contribution < 1.29 is 4.74 Å². The molecule has 1 N–H and O–H groups in total. The highest BCUT2D eigenvalue weighted by molar-refractivity contribution is 4.77. The van der Waals surface area contributed by atoms with Gasteiger partial charge in [-0.25, -0.2) is 0 Å². The van der Waals surface area contributed by atoms with Crippen LogP contribution in [0.4, 0.5) is 0 Å². The monoisotopic (exact) mass is 185 g/mol. The topological polar surface area (TPSA) is 21.3 Å². The highest BCUT2D eigenvalue weighted by atomic mass is 16.5. The number of hydrogen-bond donors (Lipinski definition) is 1. The van der Waals surface area contributed by atoms with E-state index in [1.165, 1.54) is 19.3 Å². The maximum Gasteiger partial charge on any atom is 0.0506 e. The molecule has 0 bridgehead atoms. The Balaban J connectivity index is 2.17. The Hall–Kier alpha value is -0.0800. The van der Waals surface area contributed by atoms with Crippen LogP contribution in [0, 0.1) is 5.92 Å². The molecule has 1 unspecified atom stereocenters. The second kappa shape index (κ2) is 4.97. The van der Waals surface area contributed by atoms with Crippen molar-refractivity contribution in [2.75, 3.05) is 19.8 Å². The van der Waals surface area contributed by atoms with E-state index in [-0.39, 0.29) is 5.54 Å². The molecule has 78 valence electrons. The van der Waals surface area contributed by atoms with E-state index >= 15 is 0 Å². The van der Waals surface area contributed by atoms with E-state index in [0.717, 1.165) is 25.7 Å². The van der Waals surface area contributed by atoms with Gasteiger partial charge in [0.05, 0.1) is 6.61 Å². The molecule has 0 aromatic heterocycles.